The monoisotopic (exact) mass is 618 g/mol. The number of ether oxygens (including phenoxy) is 2. The number of carbonyl (C=O) groups excluding carboxylic acids is 1. The number of carbonyl (C=O) groups is 1. The van der Waals surface area contributed by atoms with E-state index in [0.717, 1.165) is 30.3 Å². The van der Waals surface area contributed by atoms with Crippen LogP contribution >= 0.6 is 47.8 Å². The third kappa shape index (κ3) is 3.89. The van der Waals surface area contributed by atoms with Crippen molar-refractivity contribution in [3.8, 4) is 11.5 Å². The average molecular weight is 621 g/mol. The Morgan fingerprint density at radius 2 is 1.75 bits per heavy atom. The Kier molecular flexibility index (Phi) is 5.86. The zero-order valence-corrected chi connectivity index (χ0v) is 21.6. The summed E-state index contributed by atoms with van der Waals surface area (Å²) in [6, 6.07) is 18.9. The molecule has 2 heterocycles. The zero-order valence-electron chi connectivity index (χ0n) is 16.9. The summed E-state index contributed by atoms with van der Waals surface area (Å²) < 4.78 is 14.2. The summed E-state index contributed by atoms with van der Waals surface area (Å²) in [4.78, 5) is 13.5. The first-order chi connectivity index (χ1) is 15.4. The molecule has 0 unspecified atom stereocenters. The Hall–Kier alpha value is -2.16. The molecule has 0 aliphatic carbocycles. The van der Waals surface area contributed by atoms with Gasteiger partial charge in [0, 0.05) is 26.5 Å². The predicted octanol–water partition coefficient (Wildman–Crippen LogP) is 6.74. The molecule has 2 aliphatic heterocycles. The van der Waals surface area contributed by atoms with Gasteiger partial charge in [0.1, 0.15) is 11.5 Å². The number of ketones is 1. The van der Waals surface area contributed by atoms with Crippen LogP contribution in [0.15, 0.2) is 79.2 Å². The van der Waals surface area contributed by atoms with Crippen molar-refractivity contribution in [3.05, 3.63) is 90.8 Å². The van der Waals surface area contributed by atoms with Gasteiger partial charge in [-0.1, -0.05) is 44.0 Å². The molecule has 2 aliphatic rings. The number of halogens is 3. The summed E-state index contributed by atoms with van der Waals surface area (Å²) in [6.45, 7) is 0. The van der Waals surface area contributed by atoms with Crippen molar-refractivity contribution in [2.75, 3.05) is 7.11 Å². The van der Waals surface area contributed by atoms with Gasteiger partial charge in [-0.3, -0.25) is 4.79 Å². The molecule has 3 aromatic rings. The molecular formula is C24H17Br3N2O3. The molecule has 8 heteroatoms. The third-order valence-electron chi connectivity index (χ3n) is 5.58. The normalized spacial score (nSPS) is 19.0. The minimum atomic E-state index is -0.869. The van der Waals surface area contributed by atoms with Crippen LogP contribution in [0.5, 0.6) is 11.5 Å². The molecule has 5 rings (SSSR count). The number of hydrogen-bond donors (Lipinski definition) is 0. The van der Waals surface area contributed by atoms with Gasteiger partial charge in [0.25, 0.3) is 6.23 Å². The lowest BCUT2D eigenvalue weighted by Crippen LogP contribution is -2.46. The summed E-state index contributed by atoms with van der Waals surface area (Å²) in [5.41, 5.74) is 3.47. The number of rotatable bonds is 4. The van der Waals surface area contributed by atoms with Gasteiger partial charge in [-0.15, -0.1) is 0 Å². The Labute approximate surface area is 210 Å². The van der Waals surface area contributed by atoms with Crippen LogP contribution in [-0.4, -0.2) is 29.8 Å². The zero-order chi connectivity index (χ0) is 22.4. The maximum atomic E-state index is 13.5. The van der Waals surface area contributed by atoms with Crippen molar-refractivity contribution < 1.29 is 14.3 Å². The summed E-state index contributed by atoms with van der Waals surface area (Å²) in [5.74, 6) is 1.21. The van der Waals surface area contributed by atoms with E-state index in [9.17, 15) is 4.79 Å². The SMILES string of the molecule is COc1ccc(C(=O)[C@H]2Oc3c(Br)cc(Br)cc3[C@H]3CC(c4ccc(Br)cc4)=NN23)cc1. The smallest absolute Gasteiger partial charge is 0.251 e. The fourth-order valence-corrected chi connectivity index (χ4v) is 5.62. The van der Waals surface area contributed by atoms with E-state index in [-0.39, 0.29) is 11.8 Å². The van der Waals surface area contributed by atoms with Crippen LogP contribution in [0, 0.1) is 0 Å². The third-order valence-corrected chi connectivity index (χ3v) is 7.16. The van der Waals surface area contributed by atoms with Gasteiger partial charge in [0.2, 0.25) is 5.78 Å². The number of methoxy groups -OCH3 is 1. The van der Waals surface area contributed by atoms with E-state index in [0.29, 0.717) is 23.5 Å². The molecule has 0 saturated carbocycles. The Bertz CT molecular complexity index is 1230. The topological polar surface area (TPSA) is 51.1 Å². The molecule has 0 radical (unpaired) electrons. The molecule has 0 aromatic heterocycles. The van der Waals surface area contributed by atoms with Crippen LogP contribution in [0.25, 0.3) is 0 Å². The molecular weight excluding hydrogens is 604 g/mol. The number of Topliss-reactive ketones (excluding diaryl/α,β-unsaturated/α-hetero) is 1. The van der Waals surface area contributed by atoms with Crippen LogP contribution < -0.4 is 9.47 Å². The Balaban J connectivity index is 1.57. The maximum Gasteiger partial charge on any atom is 0.251 e. The van der Waals surface area contributed by atoms with E-state index < -0.39 is 6.23 Å². The van der Waals surface area contributed by atoms with Crippen molar-refractivity contribution in [2.24, 2.45) is 5.10 Å². The summed E-state index contributed by atoms with van der Waals surface area (Å²) in [6.07, 6.45) is -0.195. The Morgan fingerprint density at radius 3 is 2.44 bits per heavy atom. The lowest BCUT2D eigenvalue weighted by atomic mass is 9.96. The second-order valence-electron chi connectivity index (χ2n) is 7.52. The molecule has 2 atom stereocenters. The fraction of sp³-hybridized carbons (Fsp3) is 0.167. The van der Waals surface area contributed by atoms with E-state index in [2.05, 4.69) is 47.8 Å². The van der Waals surface area contributed by atoms with Gasteiger partial charge in [0.15, 0.2) is 0 Å². The highest BCUT2D eigenvalue weighted by Crippen LogP contribution is 2.47. The number of fused-ring (bicyclic) bond motifs is 3. The van der Waals surface area contributed by atoms with Crippen molar-refractivity contribution in [1.82, 2.24) is 5.01 Å². The highest BCUT2D eigenvalue weighted by molar-refractivity contribution is 9.11. The summed E-state index contributed by atoms with van der Waals surface area (Å²) >= 11 is 10.7. The minimum Gasteiger partial charge on any atom is -0.497 e. The van der Waals surface area contributed by atoms with Gasteiger partial charge in [-0.2, -0.15) is 5.10 Å². The molecule has 0 fully saturated rings. The van der Waals surface area contributed by atoms with E-state index in [4.69, 9.17) is 14.6 Å². The highest BCUT2D eigenvalue weighted by atomic mass is 79.9. The molecule has 32 heavy (non-hydrogen) atoms. The quantitative estimate of drug-likeness (QED) is 0.303. The van der Waals surface area contributed by atoms with Gasteiger partial charge in [-0.25, -0.2) is 5.01 Å². The van der Waals surface area contributed by atoms with Crippen molar-refractivity contribution >= 4 is 59.3 Å². The molecule has 3 aromatic carbocycles. The largest absolute Gasteiger partial charge is 0.497 e. The number of hydrazone groups is 1. The van der Waals surface area contributed by atoms with Crippen LogP contribution in [0.4, 0.5) is 0 Å². The summed E-state index contributed by atoms with van der Waals surface area (Å²) in [7, 11) is 1.60. The molecule has 0 N–H and O–H groups in total. The van der Waals surface area contributed by atoms with Crippen molar-refractivity contribution in [2.45, 2.75) is 18.7 Å². The maximum absolute atomic E-state index is 13.5. The average Bonchev–Trinajstić information content (AvgIpc) is 3.24. The predicted molar refractivity (Wildman–Crippen MR) is 133 cm³/mol. The van der Waals surface area contributed by atoms with Crippen LogP contribution in [0.1, 0.15) is 33.9 Å². The van der Waals surface area contributed by atoms with Gasteiger partial charge < -0.3 is 9.47 Å². The van der Waals surface area contributed by atoms with Gasteiger partial charge in [0.05, 0.1) is 23.3 Å². The first kappa shape index (κ1) is 21.7. The van der Waals surface area contributed by atoms with Gasteiger partial charge >= 0.3 is 0 Å². The lowest BCUT2D eigenvalue weighted by Gasteiger charge is -2.37. The Morgan fingerprint density at radius 1 is 1.03 bits per heavy atom. The standard InChI is InChI=1S/C24H17Br3N2O3/c1-31-17-8-4-14(5-9-17)22(30)24-29-21(18-10-16(26)11-19(27)23(18)32-24)12-20(28-29)13-2-6-15(25)7-3-13/h2-11,21,24H,12H2,1H3/t21-,24-/m1/s1. The van der Waals surface area contributed by atoms with Crippen molar-refractivity contribution in [3.63, 3.8) is 0 Å². The molecule has 0 bridgehead atoms. The number of benzene rings is 3. The highest BCUT2D eigenvalue weighted by Gasteiger charge is 2.44. The van der Waals surface area contributed by atoms with E-state index >= 15 is 0 Å². The van der Waals surface area contributed by atoms with E-state index in [1.165, 1.54) is 0 Å². The van der Waals surface area contributed by atoms with Gasteiger partial charge in [-0.05, 0) is 70.0 Å². The van der Waals surface area contributed by atoms with E-state index in [1.807, 2.05) is 36.4 Å². The fourth-order valence-electron chi connectivity index (χ4n) is 4.00. The first-order valence-electron chi connectivity index (χ1n) is 9.90. The second-order valence-corrected chi connectivity index (χ2v) is 10.2. The molecule has 5 nitrogen and oxygen atoms in total. The van der Waals surface area contributed by atoms with Crippen molar-refractivity contribution in [1.29, 1.82) is 0 Å². The minimum absolute atomic E-state index is 0.113. The molecule has 0 saturated heterocycles. The van der Waals surface area contributed by atoms with Crippen LogP contribution in [-0.2, 0) is 0 Å². The lowest BCUT2D eigenvalue weighted by molar-refractivity contribution is -0.00509. The molecule has 162 valence electrons. The first-order valence-corrected chi connectivity index (χ1v) is 12.3. The molecule has 0 spiro atoms. The second kappa shape index (κ2) is 8.65. The van der Waals surface area contributed by atoms with Crippen LogP contribution in [0.2, 0.25) is 0 Å². The van der Waals surface area contributed by atoms with Crippen LogP contribution in [0.3, 0.4) is 0 Å². The molecule has 0 amide bonds. The summed E-state index contributed by atoms with van der Waals surface area (Å²) in [5, 5.41) is 6.66. The van der Waals surface area contributed by atoms with E-state index in [1.54, 1.807) is 36.4 Å². The number of hydrogen-bond acceptors (Lipinski definition) is 5. The number of nitrogens with zero attached hydrogens (tertiary/aromatic N) is 2.